The number of amides is 1. The maximum Gasteiger partial charge on any atom is 0.225 e. The average Bonchev–Trinajstić information content (AvgIpc) is 3.09. The van der Waals surface area contributed by atoms with Crippen molar-refractivity contribution in [3.05, 3.63) is 35.9 Å². The second-order valence-corrected chi connectivity index (χ2v) is 4.23. The molecule has 1 aromatic carbocycles. The number of hydrazone groups is 1. The van der Waals surface area contributed by atoms with E-state index in [1.807, 2.05) is 30.1 Å². The molecule has 1 aliphatic heterocycles. The molecule has 1 saturated heterocycles. The monoisotopic (exact) mass is 231 g/mol. The van der Waals surface area contributed by atoms with Gasteiger partial charge in [0.15, 0.2) is 0 Å². The molecule has 0 aliphatic carbocycles. The van der Waals surface area contributed by atoms with Crippen LogP contribution in [0.4, 0.5) is 0 Å². The largest absolute Gasteiger partial charge is 0.359 e. The van der Waals surface area contributed by atoms with E-state index in [-0.39, 0.29) is 5.91 Å². The zero-order valence-corrected chi connectivity index (χ0v) is 10.2. The molecule has 2 rings (SSSR count). The predicted molar refractivity (Wildman–Crippen MR) is 67.7 cm³/mol. The van der Waals surface area contributed by atoms with E-state index in [0.717, 1.165) is 12.3 Å². The quantitative estimate of drug-likeness (QED) is 0.631. The fourth-order valence-corrected chi connectivity index (χ4v) is 1.77. The van der Waals surface area contributed by atoms with Gasteiger partial charge in [0.05, 0.1) is 19.0 Å². The van der Waals surface area contributed by atoms with Crippen LogP contribution in [0, 0.1) is 0 Å². The summed E-state index contributed by atoms with van der Waals surface area (Å²) in [5, 5.41) is 9.03. The first-order chi connectivity index (χ1) is 8.20. The number of hydrogen-bond acceptors (Lipinski definition) is 3. The Bertz CT molecular complexity index is 428. The van der Waals surface area contributed by atoms with E-state index in [1.165, 1.54) is 5.56 Å². The van der Waals surface area contributed by atoms with E-state index in [1.54, 1.807) is 7.05 Å². The van der Waals surface area contributed by atoms with E-state index in [4.69, 9.17) is 0 Å². The van der Waals surface area contributed by atoms with Crippen LogP contribution in [0.3, 0.4) is 0 Å². The SMILES string of the molecule is CNC(=O)C/C(C)=N/N1CC1c1ccccc1. The highest BCUT2D eigenvalue weighted by Gasteiger charge is 2.34. The Morgan fingerprint density at radius 1 is 1.47 bits per heavy atom. The Labute approximate surface area is 101 Å². The van der Waals surface area contributed by atoms with Gasteiger partial charge in [-0.1, -0.05) is 30.3 Å². The fourth-order valence-electron chi connectivity index (χ4n) is 1.77. The molecule has 17 heavy (non-hydrogen) atoms. The summed E-state index contributed by atoms with van der Waals surface area (Å²) in [7, 11) is 1.64. The standard InChI is InChI=1S/C13H17N3O/c1-10(8-13(17)14-2)15-16-9-12(16)11-6-4-3-5-7-11/h3-7,12H,8-9H2,1-2H3,(H,14,17)/b15-10+. The van der Waals surface area contributed by atoms with Crippen LogP contribution in [0.2, 0.25) is 0 Å². The van der Waals surface area contributed by atoms with E-state index in [9.17, 15) is 4.79 Å². The van der Waals surface area contributed by atoms with Gasteiger partial charge >= 0.3 is 0 Å². The van der Waals surface area contributed by atoms with Crippen LogP contribution in [-0.2, 0) is 4.79 Å². The summed E-state index contributed by atoms with van der Waals surface area (Å²) in [6, 6.07) is 10.7. The summed E-state index contributed by atoms with van der Waals surface area (Å²) < 4.78 is 0. The molecule has 1 atom stereocenters. The normalized spacial score (nSPS) is 19.1. The highest BCUT2D eigenvalue weighted by molar-refractivity contribution is 5.99. The third-order valence-electron chi connectivity index (χ3n) is 2.76. The first-order valence-electron chi connectivity index (χ1n) is 5.77. The Morgan fingerprint density at radius 2 is 2.18 bits per heavy atom. The molecule has 0 bridgehead atoms. The van der Waals surface area contributed by atoms with Crippen molar-refractivity contribution < 1.29 is 4.79 Å². The number of rotatable bonds is 4. The van der Waals surface area contributed by atoms with Gasteiger partial charge in [-0.15, -0.1) is 0 Å². The highest BCUT2D eigenvalue weighted by Crippen LogP contribution is 2.34. The predicted octanol–water partition coefficient (Wildman–Crippen LogP) is 1.56. The molecule has 4 nitrogen and oxygen atoms in total. The van der Waals surface area contributed by atoms with Gasteiger partial charge in [-0.2, -0.15) is 5.10 Å². The zero-order valence-electron chi connectivity index (χ0n) is 10.2. The number of hydrogen-bond donors (Lipinski definition) is 1. The molecular formula is C13H17N3O. The molecule has 1 aliphatic rings. The van der Waals surface area contributed by atoms with Crippen LogP contribution in [0.5, 0.6) is 0 Å². The van der Waals surface area contributed by atoms with Gasteiger partial charge in [0.25, 0.3) is 0 Å². The Morgan fingerprint density at radius 3 is 2.82 bits per heavy atom. The molecule has 1 heterocycles. The summed E-state index contributed by atoms with van der Waals surface area (Å²) >= 11 is 0. The van der Waals surface area contributed by atoms with E-state index >= 15 is 0 Å². The first kappa shape index (κ1) is 11.6. The minimum atomic E-state index is 0.00404. The summed E-state index contributed by atoms with van der Waals surface area (Å²) in [4.78, 5) is 11.2. The van der Waals surface area contributed by atoms with Crippen LogP contribution in [0.25, 0.3) is 0 Å². The molecule has 1 N–H and O–H groups in total. The van der Waals surface area contributed by atoms with Crippen molar-refractivity contribution in [2.45, 2.75) is 19.4 Å². The maximum absolute atomic E-state index is 11.2. The van der Waals surface area contributed by atoms with Crippen LogP contribution in [0.1, 0.15) is 24.9 Å². The minimum absolute atomic E-state index is 0.00404. The zero-order chi connectivity index (χ0) is 12.3. The van der Waals surface area contributed by atoms with Crippen molar-refractivity contribution in [1.29, 1.82) is 0 Å². The Balaban J connectivity index is 1.91. The van der Waals surface area contributed by atoms with Crippen molar-refractivity contribution in [2.24, 2.45) is 5.10 Å². The van der Waals surface area contributed by atoms with Crippen LogP contribution in [-0.4, -0.2) is 30.2 Å². The molecular weight excluding hydrogens is 214 g/mol. The molecule has 4 heteroatoms. The lowest BCUT2D eigenvalue weighted by Gasteiger charge is -2.02. The highest BCUT2D eigenvalue weighted by atomic mass is 16.1. The smallest absolute Gasteiger partial charge is 0.225 e. The summed E-state index contributed by atoms with van der Waals surface area (Å²) in [5.41, 5.74) is 2.13. The molecule has 0 spiro atoms. The minimum Gasteiger partial charge on any atom is -0.359 e. The molecule has 1 unspecified atom stereocenters. The fraction of sp³-hybridized carbons (Fsp3) is 0.385. The second kappa shape index (κ2) is 4.99. The van der Waals surface area contributed by atoms with E-state index in [2.05, 4.69) is 22.6 Å². The molecule has 1 fully saturated rings. The van der Waals surface area contributed by atoms with Gasteiger partial charge in [-0.05, 0) is 12.5 Å². The number of carbonyl (C=O) groups excluding carboxylic acids is 1. The van der Waals surface area contributed by atoms with Gasteiger partial charge in [-0.3, -0.25) is 9.80 Å². The molecule has 90 valence electrons. The molecule has 1 amide bonds. The third-order valence-corrected chi connectivity index (χ3v) is 2.76. The van der Waals surface area contributed by atoms with Crippen molar-refractivity contribution in [2.75, 3.05) is 13.6 Å². The van der Waals surface area contributed by atoms with Gasteiger partial charge in [-0.25, -0.2) is 0 Å². The van der Waals surface area contributed by atoms with Gasteiger partial charge in [0.2, 0.25) is 5.91 Å². The van der Waals surface area contributed by atoms with Crippen LogP contribution < -0.4 is 5.32 Å². The van der Waals surface area contributed by atoms with Crippen molar-refractivity contribution in [3.63, 3.8) is 0 Å². The third kappa shape index (κ3) is 3.06. The van der Waals surface area contributed by atoms with Crippen LogP contribution in [0.15, 0.2) is 35.4 Å². The lowest BCUT2D eigenvalue weighted by atomic mass is 10.2. The van der Waals surface area contributed by atoms with Gasteiger partial charge in [0, 0.05) is 12.8 Å². The van der Waals surface area contributed by atoms with Crippen molar-refractivity contribution >= 4 is 11.6 Å². The molecule has 0 radical (unpaired) electrons. The second-order valence-electron chi connectivity index (χ2n) is 4.23. The summed E-state index contributed by atoms with van der Waals surface area (Å²) in [5.74, 6) is 0.00404. The van der Waals surface area contributed by atoms with E-state index < -0.39 is 0 Å². The number of nitrogens with one attached hydrogen (secondary N) is 1. The average molecular weight is 231 g/mol. The topological polar surface area (TPSA) is 44.5 Å². The number of carbonyl (C=O) groups is 1. The molecule has 0 aromatic heterocycles. The maximum atomic E-state index is 11.2. The van der Waals surface area contributed by atoms with E-state index in [0.29, 0.717) is 12.5 Å². The van der Waals surface area contributed by atoms with Crippen LogP contribution >= 0.6 is 0 Å². The van der Waals surface area contributed by atoms with Crippen molar-refractivity contribution in [3.8, 4) is 0 Å². The number of benzene rings is 1. The van der Waals surface area contributed by atoms with Gasteiger partial charge in [0.1, 0.15) is 0 Å². The lowest BCUT2D eigenvalue weighted by Crippen LogP contribution is -2.20. The van der Waals surface area contributed by atoms with Crippen molar-refractivity contribution in [1.82, 2.24) is 10.3 Å². The Hall–Kier alpha value is -1.84. The Kier molecular flexibility index (Phi) is 3.42. The summed E-state index contributed by atoms with van der Waals surface area (Å²) in [6.07, 6.45) is 0.370. The van der Waals surface area contributed by atoms with Gasteiger partial charge < -0.3 is 5.32 Å². The first-order valence-corrected chi connectivity index (χ1v) is 5.77. The lowest BCUT2D eigenvalue weighted by molar-refractivity contribution is -0.119. The molecule has 1 aromatic rings. The number of nitrogens with zero attached hydrogens (tertiary/aromatic N) is 2. The molecule has 0 saturated carbocycles. The summed E-state index contributed by atoms with van der Waals surface area (Å²) in [6.45, 7) is 2.82.